The monoisotopic (exact) mass is 198 g/mol. The van der Waals surface area contributed by atoms with Gasteiger partial charge in [-0.1, -0.05) is 0 Å². The molecule has 0 bridgehead atoms. The van der Waals surface area contributed by atoms with E-state index >= 15 is 0 Å². The van der Waals surface area contributed by atoms with Crippen molar-refractivity contribution < 1.29 is 25.2 Å². The SMILES string of the molecule is CC(O)C(O)C(O)C(O)C(=O)Cl. The summed E-state index contributed by atoms with van der Waals surface area (Å²) in [6.45, 7) is 1.21. The van der Waals surface area contributed by atoms with Gasteiger partial charge < -0.3 is 20.4 Å². The first kappa shape index (κ1) is 11.8. The molecular weight excluding hydrogens is 188 g/mol. The average molecular weight is 199 g/mol. The molecule has 0 aromatic heterocycles. The molecule has 0 spiro atoms. The van der Waals surface area contributed by atoms with Crippen LogP contribution in [0.25, 0.3) is 0 Å². The smallest absolute Gasteiger partial charge is 0.253 e. The summed E-state index contributed by atoms with van der Waals surface area (Å²) in [4.78, 5) is 10.3. The van der Waals surface area contributed by atoms with E-state index in [2.05, 4.69) is 0 Å². The second-order valence-corrected chi connectivity index (χ2v) is 2.84. The fourth-order valence-corrected chi connectivity index (χ4v) is 0.735. The first-order valence-corrected chi connectivity index (χ1v) is 3.67. The van der Waals surface area contributed by atoms with E-state index in [1.54, 1.807) is 0 Å². The molecule has 0 saturated heterocycles. The van der Waals surface area contributed by atoms with Crippen molar-refractivity contribution in [3.05, 3.63) is 0 Å². The van der Waals surface area contributed by atoms with Gasteiger partial charge in [0.05, 0.1) is 6.10 Å². The fourth-order valence-electron chi connectivity index (χ4n) is 0.606. The van der Waals surface area contributed by atoms with Gasteiger partial charge in [0.15, 0.2) is 6.10 Å². The summed E-state index contributed by atoms with van der Waals surface area (Å²) in [6, 6.07) is 0. The quantitative estimate of drug-likeness (QED) is 0.400. The van der Waals surface area contributed by atoms with Crippen LogP contribution in [-0.2, 0) is 4.79 Å². The van der Waals surface area contributed by atoms with E-state index in [9.17, 15) is 4.79 Å². The highest BCUT2D eigenvalue weighted by atomic mass is 35.5. The average Bonchev–Trinajstić information content (AvgIpc) is 2.00. The molecule has 4 atom stereocenters. The van der Waals surface area contributed by atoms with Crippen LogP contribution in [0.15, 0.2) is 0 Å². The molecule has 72 valence electrons. The predicted octanol–water partition coefficient (Wildman–Crippen LogP) is -1.78. The second kappa shape index (κ2) is 4.74. The van der Waals surface area contributed by atoms with Crippen molar-refractivity contribution in [3.8, 4) is 0 Å². The van der Waals surface area contributed by atoms with Crippen molar-refractivity contribution in [1.29, 1.82) is 0 Å². The van der Waals surface area contributed by atoms with E-state index in [0.717, 1.165) is 0 Å². The first-order valence-electron chi connectivity index (χ1n) is 3.29. The number of hydrogen-bond donors (Lipinski definition) is 4. The molecule has 0 aliphatic heterocycles. The molecule has 0 rings (SSSR count). The van der Waals surface area contributed by atoms with E-state index in [0.29, 0.717) is 0 Å². The summed E-state index contributed by atoms with van der Waals surface area (Å²) >= 11 is 4.83. The van der Waals surface area contributed by atoms with Crippen LogP contribution in [0.2, 0.25) is 0 Å². The van der Waals surface area contributed by atoms with Crippen LogP contribution in [0.1, 0.15) is 6.92 Å². The Morgan fingerprint density at radius 3 is 1.83 bits per heavy atom. The van der Waals surface area contributed by atoms with Gasteiger partial charge in [-0.05, 0) is 18.5 Å². The van der Waals surface area contributed by atoms with Crippen molar-refractivity contribution in [3.63, 3.8) is 0 Å². The minimum absolute atomic E-state index is 1.18. The normalized spacial score (nSPS) is 21.2. The number of carbonyl (C=O) groups excluding carboxylic acids is 1. The highest BCUT2D eigenvalue weighted by Gasteiger charge is 2.31. The largest absolute Gasteiger partial charge is 0.391 e. The van der Waals surface area contributed by atoms with Crippen LogP contribution in [0.3, 0.4) is 0 Å². The zero-order chi connectivity index (χ0) is 9.89. The maximum Gasteiger partial charge on any atom is 0.253 e. The van der Waals surface area contributed by atoms with Crippen LogP contribution in [-0.4, -0.2) is 50.1 Å². The zero-order valence-corrected chi connectivity index (χ0v) is 7.14. The van der Waals surface area contributed by atoms with Gasteiger partial charge in [-0.3, -0.25) is 4.79 Å². The molecule has 0 aromatic carbocycles. The summed E-state index contributed by atoms with van der Waals surface area (Å²) in [5.41, 5.74) is 0. The van der Waals surface area contributed by atoms with E-state index < -0.39 is 29.7 Å². The highest BCUT2D eigenvalue weighted by Crippen LogP contribution is 2.06. The van der Waals surface area contributed by atoms with Crippen LogP contribution in [0, 0.1) is 0 Å². The summed E-state index contributed by atoms with van der Waals surface area (Å²) in [7, 11) is 0. The van der Waals surface area contributed by atoms with Crippen LogP contribution in [0.5, 0.6) is 0 Å². The number of aliphatic hydroxyl groups is 4. The molecule has 6 heteroatoms. The highest BCUT2D eigenvalue weighted by molar-refractivity contribution is 6.64. The second-order valence-electron chi connectivity index (χ2n) is 2.47. The van der Waals surface area contributed by atoms with Crippen LogP contribution < -0.4 is 0 Å². The van der Waals surface area contributed by atoms with Gasteiger partial charge in [-0.25, -0.2) is 0 Å². The summed E-state index contributed by atoms with van der Waals surface area (Å²) in [5, 5.41) is 34.3. The Morgan fingerprint density at radius 2 is 1.58 bits per heavy atom. The van der Waals surface area contributed by atoms with Crippen molar-refractivity contribution in [1.82, 2.24) is 0 Å². The van der Waals surface area contributed by atoms with E-state index in [-0.39, 0.29) is 0 Å². The Kier molecular flexibility index (Phi) is 4.66. The lowest BCUT2D eigenvalue weighted by molar-refractivity contribution is -0.136. The number of rotatable bonds is 4. The lowest BCUT2D eigenvalue weighted by atomic mass is 10.1. The minimum atomic E-state index is -1.88. The zero-order valence-electron chi connectivity index (χ0n) is 6.38. The maximum absolute atomic E-state index is 10.3. The molecule has 0 amide bonds. The third-order valence-electron chi connectivity index (χ3n) is 1.40. The number of carbonyl (C=O) groups is 1. The molecule has 0 aromatic rings. The number of hydrogen-bond acceptors (Lipinski definition) is 5. The number of halogens is 1. The molecule has 12 heavy (non-hydrogen) atoms. The summed E-state index contributed by atoms with van der Waals surface area (Å²) in [6.07, 6.45) is -6.49. The Bertz CT molecular complexity index is 160. The minimum Gasteiger partial charge on any atom is -0.391 e. The maximum atomic E-state index is 10.3. The molecule has 4 N–H and O–H groups in total. The molecule has 0 saturated carbocycles. The molecule has 4 unspecified atom stereocenters. The van der Waals surface area contributed by atoms with Gasteiger partial charge in [0.2, 0.25) is 0 Å². The molecule has 0 radical (unpaired) electrons. The fraction of sp³-hybridized carbons (Fsp3) is 0.833. The van der Waals surface area contributed by atoms with Gasteiger partial charge in [0.25, 0.3) is 5.24 Å². The molecule has 0 heterocycles. The predicted molar refractivity (Wildman–Crippen MR) is 40.6 cm³/mol. The Hall–Kier alpha value is -0.200. The van der Waals surface area contributed by atoms with Gasteiger partial charge >= 0.3 is 0 Å². The van der Waals surface area contributed by atoms with Crippen molar-refractivity contribution >= 4 is 16.8 Å². The first-order chi connectivity index (χ1) is 5.37. The number of aliphatic hydroxyl groups excluding tert-OH is 4. The Labute approximate surface area is 74.2 Å². The van der Waals surface area contributed by atoms with Gasteiger partial charge in [-0.15, -0.1) is 0 Å². The van der Waals surface area contributed by atoms with Crippen molar-refractivity contribution in [2.45, 2.75) is 31.3 Å². The third kappa shape index (κ3) is 3.04. The van der Waals surface area contributed by atoms with Crippen LogP contribution in [0.4, 0.5) is 0 Å². The van der Waals surface area contributed by atoms with E-state index in [1.165, 1.54) is 6.92 Å². The summed E-state index contributed by atoms with van der Waals surface area (Å²) < 4.78 is 0. The topological polar surface area (TPSA) is 98.0 Å². The lowest BCUT2D eigenvalue weighted by Crippen LogP contribution is -2.45. The Balaban J connectivity index is 4.18. The molecule has 0 aliphatic rings. The van der Waals surface area contributed by atoms with E-state index in [1.807, 2.05) is 0 Å². The molecule has 5 nitrogen and oxygen atoms in total. The van der Waals surface area contributed by atoms with Gasteiger partial charge in [0.1, 0.15) is 12.2 Å². The summed E-state index contributed by atoms with van der Waals surface area (Å²) in [5.74, 6) is 0. The van der Waals surface area contributed by atoms with Crippen molar-refractivity contribution in [2.24, 2.45) is 0 Å². The van der Waals surface area contributed by atoms with Gasteiger partial charge in [-0.2, -0.15) is 0 Å². The van der Waals surface area contributed by atoms with Crippen LogP contribution >= 0.6 is 11.6 Å². The van der Waals surface area contributed by atoms with Gasteiger partial charge in [0, 0.05) is 0 Å². The van der Waals surface area contributed by atoms with E-state index in [4.69, 9.17) is 32.0 Å². The molecule has 0 aliphatic carbocycles. The standard InChI is InChI=1S/C6H11ClO5/c1-2(8)3(9)4(10)5(11)6(7)12/h2-5,8-11H,1H3. The Morgan fingerprint density at radius 1 is 1.17 bits per heavy atom. The third-order valence-corrected chi connectivity index (χ3v) is 1.62. The van der Waals surface area contributed by atoms with Crippen molar-refractivity contribution in [2.75, 3.05) is 0 Å². The molecule has 0 fully saturated rings. The molecular formula is C6H11ClO5. The lowest BCUT2D eigenvalue weighted by Gasteiger charge is -2.22.